The Labute approximate surface area is 94.6 Å². The number of fused-ring (bicyclic) bond motifs is 1. The van der Waals surface area contributed by atoms with E-state index < -0.39 is 0 Å². The summed E-state index contributed by atoms with van der Waals surface area (Å²) in [5.41, 5.74) is 2.12. The number of carbonyl (C=O) groups excluding carboxylic acids is 1. The molecule has 1 aliphatic carbocycles. The predicted molar refractivity (Wildman–Crippen MR) is 59.1 cm³/mol. The molecule has 1 aromatic heterocycles. The zero-order valence-corrected chi connectivity index (χ0v) is 9.45. The van der Waals surface area contributed by atoms with Crippen LogP contribution in [-0.2, 0) is 0 Å². The minimum absolute atomic E-state index is 0.496. The summed E-state index contributed by atoms with van der Waals surface area (Å²) < 4.78 is 6.37. The molecule has 1 saturated carbocycles. The van der Waals surface area contributed by atoms with Gasteiger partial charge in [-0.05, 0) is 40.9 Å². The van der Waals surface area contributed by atoms with Gasteiger partial charge in [0.25, 0.3) is 0 Å². The lowest BCUT2D eigenvalue weighted by molar-refractivity contribution is 0.112. The largest absolute Gasteiger partial charge is 0.440 e. The highest BCUT2D eigenvalue weighted by atomic mass is 79.9. The number of hydrogen-bond donors (Lipinski definition) is 0. The molecule has 0 aliphatic heterocycles. The molecular formula is C11H8BrNO2. The fourth-order valence-electron chi connectivity index (χ4n) is 1.58. The average Bonchev–Trinajstić information content (AvgIpc) is 2.99. The number of oxazole rings is 1. The van der Waals surface area contributed by atoms with Crippen molar-refractivity contribution in [1.29, 1.82) is 0 Å². The molecule has 0 amide bonds. The molecule has 2 aromatic rings. The summed E-state index contributed by atoms with van der Waals surface area (Å²) in [6.07, 6.45) is 3.14. The van der Waals surface area contributed by atoms with E-state index in [4.69, 9.17) is 4.42 Å². The number of carbonyl (C=O) groups is 1. The fraction of sp³-hybridized carbons (Fsp3) is 0.273. The van der Waals surface area contributed by atoms with E-state index in [2.05, 4.69) is 20.9 Å². The highest BCUT2D eigenvalue weighted by molar-refractivity contribution is 9.10. The van der Waals surface area contributed by atoms with Gasteiger partial charge in [-0.15, -0.1) is 0 Å². The van der Waals surface area contributed by atoms with E-state index in [-0.39, 0.29) is 0 Å². The van der Waals surface area contributed by atoms with Crippen LogP contribution in [0.4, 0.5) is 0 Å². The molecule has 15 heavy (non-hydrogen) atoms. The van der Waals surface area contributed by atoms with Gasteiger partial charge in [0.15, 0.2) is 17.8 Å². The third kappa shape index (κ3) is 1.49. The Morgan fingerprint density at radius 3 is 2.93 bits per heavy atom. The molecule has 4 heteroatoms. The molecule has 0 bridgehead atoms. The summed E-state index contributed by atoms with van der Waals surface area (Å²) >= 11 is 3.32. The second kappa shape index (κ2) is 3.17. The van der Waals surface area contributed by atoms with Crippen LogP contribution in [0.15, 0.2) is 21.0 Å². The number of nitrogens with zero attached hydrogens (tertiary/aromatic N) is 1. The molecule has 76 valence electrons. The third-order valence-corrected chi connectivity index (χ3v) is 3.26. The molecule has 1 aromatic carbocycles. The number of rotatable bonds is 2. The molecule has 1 aliphatic rings. The van der Waals surface area contributed by atoms with Gasteiger partial charge in [0, 0.05) is 16.0 Å². The van der Waals surface area contributed by atoms with E-state index >= 15 is 0 Å². The van der Waals surface area contributed by atoms with E-state index in [1.807, 2.05) is 0 Å². The predicted octanol–water partition coefficient (Wildman–Crippen LogP) is 3.28. The minimum atomic E-state index is 0.496. The zero-order valence-electron chi connectivity index (χ0n) is 7.87. The van der Waals surface area contributed by atoms with Crippen molar-refractivity contribution in [3.8, 4) is 0 Å². The highest BCUT2D eigenvalue weighted by Crippen LogP contribution is 2.40. The van der Waals surface area contributed by atoms with Crippen LogP contribution < -0.4 is 0 Å². The van der Waals surface area contributed by atoms with Crippen LogP contribution >= 0.6 is 15.9 Å². The Morgan fingerprint density at radius 2 is 2.27 bits per heavy atom. The van der Waals surface area contributed by atoms with Gasteiger partial charge in [0.2, 0.25) is 0 Å². The standard InChI is InChI=1S/C11H8BrNO2/c12-8-4-10-9(3-7(8)5-14)13-11(15-10)6-1-2-6/h3-6H,1-2H2. The van der Waals surface area contributed by atoms with E-state index in [1.165, 1.54) is 0 Å². The summed E-state index contributed by atoms with van der Waals surface area (Å²) in [5.74, 6) is 1.30. The molecule has 0 saturated heterocycles. The molecular weight excluding hydrogens is 258 g/mol. The lowest BCUT2D eigenvalue weighted by Gasteiger charge is -1.93. The van der Waals surface area contributed by atoms with Gasteiger partial charge in [0.1, 0.15) is 5.52 Å². The van der Waals surface area contributed by atoms with E-state index in [0.29, 0.717) is 11.5 Å². The quantitative estimate of drug-likeness (QED) is 0.783. The van der Waals surface area contributed by atoms with Crippen molar-refractivity contribution in [3.05, 3.63) is 28.1 Å². The van der Waals surface area contributed by atoms with Crippen LogP contribution in [0.5, 0.6) is 0 Å². The van der Waals surface area contributed by atoms with Gasteiger partial charge in [0.05, 0.1) is 0 Å². The van der Waals surface area contributed by atoms with Crippen molar-refractivity contribution in [2.75, 3.05) is 0 Å². The molecule has 0 atom stereocenters. The first-order valence-corrected chi connectivity index (χ1v) is 5.62. The first-order valence-electron chi connectivity index (χ1n) is 4.83. The number of benzene rings is 1. The highest BCUT2D eigenvalue weighted by Gasteiger charge is 2.29. The van der Waals surface area contributed by atoms with Crippen molar-refractivity contribution in [3.63, 3.8) is 0 Å². The van der Waals surface area contributed by atoms with Crippen molar-refractivity contribution >= 4 is 33.3 Å². The summed E-state index contributed by atoms with van der Waals surface area (Å²) in [7, 11) is 0. The van der Waals surface area contributed by atoms with Crippen LogP contribution in [0.25, 0.3) is 11.1 Å². The minimum Gasteiger partial charge on any atom is -0.440 e. The van der Waals surface area contributed by atoms with Crippen LogP contribution in [0.2, 0.25) is 0 Å². The maximum absolute atomic E-state index is 10.7. The number of halogens is 1. The summed E-state index contributed by atoms with van der Waals surface area (Å²) in [6.45, 7) is 0. The van der Waals surface area contributed by atoms with Crippen molar-refractivity contribution in [2.45, 2.75) is 18.8 Å². The molecule has 0 spiro atoms. The van der Waals surface area contributed by atoms with E-state index in [0.717, 1.165) is 40.6 Å². The third-order valence-electron chi connectivity index (χ3n) is 2.58. The van der Waals surface area contributed by atoms with Crippen LogP contribution in [0, 0.1) is 0 Å². The lowest BCUT2D eigenvalue weighted by Crippen LogP contribution is -1.82. The van der Waals surface area contributed by atoms with Crippen LogP contribution in [0.3, 0.4) is 0 Å². The van der Waals surface area contributed by atoms with Crippen molar-refractivity contribution in [1.82, 2.24) is 4.98 Å². The van der Waals surface area contributed by atoms with Gasteiger partial charge >= 0.3 is 0 Å². The second-order valence-electron chi connectivity index (χ2n) is 3.79. The maximum Gasteiger partial charge on any atom is 0.198 e. The molecule has 0 unspecified atom stereocenters. The normalized spacial score (nSPS) is 15.8. The molecule has 0 N–H and O–H groups in total. The fourth-order valence-corrected chi connectivity index (χ4v) is 1.99. The Bertz CT molecular complexity index is 543. The lowest BCUT2D eigenvalue weighted by atomic mass is 10.2. The maximum atomic E-state index is 10.7. The van der Waals surface area contributed by atoms with Crippen molar-refractivity contribution in [2.24, 2.45) is 0 Å². The van der Waals surface area contributed by atoms with Crippen molar-refractivity contribution < 1.29 is 9.21 Å². The Kier molecular flexibility index (Phi) is 1.92. The van der Waals surface area contributed by atoms with Gasteiger partial charge < -0.3 is 4.42 Å². The zero-order chi connectivity index (χ0) is 10.4. The molecule has 3 rings (SSSR count). The topological polar surface area (TPSA) is 43.1 Å². The van der Waals surface area contributed by atoms with Gasteiger partial charge in [-0.2, -0.15) is 0 Å². The summed E-state index contributed by atoms with van der Waals surface area (Å²) in [5, 5.41) is 0. The number of hydrogen-bond acceptors (Lipinski definition) is 3. The first kappa shape index (κ1) is 9.09. The summed E-state index contributed by atoms with van der Waals surface area (Å²) in [4.78, 5) is 15.1. The average molecular weight is 266 g/mol. The molecule has 0 radical (unpaired) electrons. The summed E-state index contributed by atoms with van der Waals surface area (Å²) in [6, 6.07) is 3.56. The Hall–Kier alpha value is -1.16. The van der Waals surface area contributed by atoms with Gasteiger partial charge in [-0.25, -0.2) is 4.98 Å². The number of aromatic nitrogens is 1. The smallest absolute Gasteiger partial charge is 0.198 e. The second-order valence-corrected chi connectivity index (χ2v) is 4.64. The molecule has 1 fully saturated rings. The van der Waals surface area contributed by atoms with Crippen LogP contribution in [-0.4, -0.2) is 11.3 Å². The van der Waals surface area contributed by atoms with E-state index in [1.54, 1.807) is 12.1 Å². The monoisotopic (exact) mass is 265 g/mol. The van der Waals surface area contributed by atoms with Gasteiger partial charge in [-0.3, -0.25) is 4.79 Å². The van der Waals surface area contributed by atoms with E-state index in [9.17, 15) is 4.79 Å². The first-order chi connectivity index (χ1) is 7.28. The Morgan fingerprint density at radius 1 is 1.47 bits per heavy atom. The SMILES string of the molecule is O=Cc1cc2nc(C3CC3)oc2cc1Br. The number of aldehydes is 1. The van der Waals surface area contributed by atoms with Crippen LogP contribution in [0.1, 0.15) is 35.0 Å². The molecule has 1 heterocycles. The van der Waals surface area contributed by atoms with Gasteiger partial charge in [-0.1, -0.05) is 0 Å². The Balaban J connectivity index is 2.20. The molecule has 3 nitrogen and oxygen atoms in total.